The summed E-state index contributed by atoms with van der Waals surface area (Å²) >= 11 is 1.42. The van der Waals surface area contributed by atoms with E-state index in [0.29, 0.717) is 4.80 Å². The first-order chi connectivity index (χ1) is 13.3. The molecule has 0 saturated heterocycles. The van der Waals surface area contributed by atoms with Gasteiger partial charge in [-0.25, -0.2) is 12.8 Å². The maximum atomic E-state index is 13.0. The van der Waals surface area contributed by atoms with Crippen molar-refractivity contribution in [3.63, 3.8) is 0 Å². The van der Waals surface area contributed by atoms with E-state index >= 15 is 0 Å². The van der Waals surface area contributed by atoms with Gasteiger partial charge in [0.05, 0.1) is 20.9 Å². The van der Waals surface area contributed by atoms with Crippen LogP contribution < -0.4 is 4.80 Å². The van der Waals surface area contributed by atoms with Crippen molar-refractivity contribution in [3.05, 3.63) is 58.6 Å². The molecular formula is C20H21FN2O3S2. The quantitative estimate of drug-likeness (QED) is 0.569. The van der Waals surface area contributed by atoms with Crippen LogP contribution >= 0.6 is 11.3 Å². The van der Waals surface area contributed by atoms with Crippen LogP contribution in [-0.2, 0) is 21.2 Å². The molecule has 3 rings (SSSR count). The predicted octanol–water partition coefficient (Wildman–Crippen LogP) is 3.85. The number of amides is 1. The fourth-order valence-electron chi connectivity index (χ4n) is 2.85. The summed E-state index contributed by atoms with van der Waals surface area (Å²) in [7, 11) is -3.67. The van der Waals surface area contributed by atoms with E-state index in [9.17, 15) is 17.6 Å². The van der Waals surface area contributed by atoms with E-state index in [1.165, 1.54) is 23.5 Å². The second-order valence-electron chi connectivity index (χ2n) is 6.54. The number of fused-ring (bicyclic) bond motifs is 1. The Kier molecular flexibility index (Phi) is 6.10. The third-order valence-electron chi connectivity index (χ3n) is 4.26. The molecule has 0 saturated carbocycles. The van der Waals surface area contributed by atoms with Crippen molar-refractivity contribution in [2.24, 2.45) is 4.99 Å². The molecule has 0 N–H and O–H groups in total. The Hall–Kier alpha value is -2.32. The molecule has 28 heavy (non-hydrogen) atoms. The highest BCUT2D eigenvalue weighted by Crippen LogP contribution is 2.19. The van der Waals surface area contributed by atoms with Crippen LogP contribution in [0.2, 0.25) is 0 Å². The molecule has 3 aromatic rings. The summed E-state index contributed by atoms with van der Waals surface area (Å²) < 4.78 is 40.7. The topological polar surface area (TPSA) is 68.5 Å². The Morgan fingerprint density at radius 1 is 1.18 bits per heavy atom. The number of aromatic nitrogens is 1. The Morgan fingerprint density at radius 2 is 1.89 bits per heavy atom. The van der Waals surface area contributed by atoms with E-state index in [-0.39, 0.29) is 17.1 Å². The minimum Gasteiger partial charge on any atom is -0.316 e. The smallest absolute Gasteiger partial charge is 0.249 e. The standard InChI is InChI=1S/C20H21FN2O3S2/c1-3-11-23-17-9-4-14(2)13-18(17)27-20(23)22-19(24)10-12-28(25,26)16-7-5-15(21)6-8-16/h4-9,13H,3,10-12H2,1-2H3. The number of hydrogen-bond donors (Lipinski definition) is 0. The zero-order chi connectivity index (χ0) is 20.3. The lowest BCUT2D eigenvalue weighted by atomic mass is 10.2. The van der Waals surface area contributed by atoms with Crippen LogP contribution in [0.1, 0.15) is 25.3 Å². The number of thiazole rings is 1. The Morgan fingerprint density at radius 3 is 2.57 bits per heavy atom. The van der Waals surface area contributed by atoms with Crippen molar-refractivity contribution in [1.29, 1.82) is 0 Å². The number of nitrogens with zero attached hydrogens (tertiary/aromatic N) is 2. The van der Waals surface area contributed by atoms with Gasteiger partial charge in [0, 0.05) is 13.0 Å². The van der Waals surface area contributed by atoms with Crippen LogP contribution in [0, 0.1) is 12.7 Å². The Bertz CT molecular complexity index is 1180. The fraction of sp³-hybridized carbons (Fsp3) is 0.300. The van der Waals surface area contributed by atoms with E-state index in [0.717, 1.165) is 40.9 Å². The lowest BCUT2D eigenvalue weighted by Crippen LogP contribution is -2.18. The minimum atomic E-state index is -3.67. The summed E-state index contributed by atoms with van der Waals surface area (Å²) in [6, 6.07) is 10.7. The first-order valence-corrected chi connectivity index (χ1v) is 11.4. The molecule has 0 spiro atoms. The number of hydrogen-bond acceptors (Lipinski definition) is 4. The van der Waals surface area contributed by atoms with Gasteiger partial charge in [0.15, 0.2) is 14.6 Å². The Labute approximate surface area is 167 Å². The number of rotatable bonds is 6. The van der Waals surface area contributed by atoms with Gasteiger partial charge in [-0.3, -0.25) is 4.79 Å². The molecule has 8 heteroatoms. The molecule has 1 aromatic heterocycles. The van der Waals surface area contributed by atoms with Gasteiger partial charge in [-0.15, -0.1) is 0 Å². The molecule has 1 heterocycles. The number of carbonyl (C=O) groups excluding carboxylic acids is 1. The number of benzene rings is 2. The predicted molar refractivity (Wildman–Crippen MR) is 108 cm³/mol. The maximum absolute atomic E-state index is 13.0. The van der Waals surface area contributed by atoms with Crippen molar-refractivity contribution in [3.8, 4) is 0 Å². The summed E-state index contributed by atoms with van der Waals surface area (Å²) in [6.45, 7) is 4.78. The van der Waals surface area contributed by atoms with E-state index in [2.05, 4.69) is 11.1 Å². The maximum Gasteiger partial charge on any atom is 0.249 e. The third kappa shape index (κ3) is 4.56. The van der Waals surface area contributed by atoms with Gasteiger partial charge >= 0.3 is 0 Å². The van der Waals surface area contributed by atoms with Gasteiger partial charge in [-0.1, -0.05) is 24.3 Å². The highest BCUT2D eigenvalue weighted by atomic mass is 32.2. The van der Waals surface area contributed by atoms with Crippen molar-refractivity contribution < 1.29 is 17.6 Å². The summed E-state index contributed by atoms with van der Waals surface area (Å²) in [5.41, 5.74) is 2.14. The number of sulfone groups is 1. The first-order valence-electron chi connectivity index (χ1n) is 8.96. The summed E-state index contributed by atoms with van der Waals surface area (Å²) in [6.07, 6.45) is 0.666. The number of halogens is 1. The van der Waals surface area contributed by atoms with E-state index in [1.54, 1.807) is 0 Å². The van der Waals surface area contributed by atoms with Crippen LogP contribution in [0.15, 0.2) is 52.4 Å². The molecule has 0 atom stereocenters. The molecule has 0 radical (unpaired) electrons. The van der Waals surface area contributed by atoms with Gasteiger partial charge in [0.25, 0.3) is 0 Å². The lowest BCUT2D eigenvalue weighted by molar-refractivity contribution is -0.117. The molecule has 0 aliphatic carbocycles. The largest absolute Gasteiger partial charge is 0.316 e. The molecule has 0 aliphatic heterocycles. The average Bonchev–Trinajstić information content (AvgIpc) is 2.97. The van der Waals surface area contributed by atoms with Crippen LogP contribution in [0.5, 0.6) is 0 Å². The highest BCUT2D eigenvalue weighted by molar-refractivity contribution is 7.91. The van der Waals surface area contributed by atoms with Crippen molar-refractivity contribution >= 4 is 37.3 Å². The molecule has 0 fully saturated rings. The van der Waals surface area contributed by atoms with Crippen molar-refractivity contribution in [1.82, 2.24) is 4.57 Å². The van der Waals surface area contributed by atoms with E-state index in [1.807, 2.05) is 30.5 Å². The van der Waals surface area contributed by atoms with Crippen molar-refractivity contribution in [2.45, 2.75) is 38.1 Å². The molecule has 5 nitrogen and oxygen atoms in total. The first kappa shape index (κ1) is 20.4. The van der Waals surface area contributed by atoms with E-state index < -0.39 is 21.6 Å². The highest BCUT2D eigenvalue weighted by Gasteiger charge is 2.17. The van der Waals surface area contributed by atoms with Crippen LogP contribution in [0.25, 0.3) is 10.2 Å². The molecule has 0 bridgehead atoms. The Balaban J connectivity index is 1.84. The zero-order valence-electron chi connectivity index (χ0n) is 15.7. The molecule has 0 aliphatic rings. The van der Waals surface area contributed by atoms with Crippen LogP contribution in [0.3, 0.4) is 0 Å². The average molecular weight is 421 g/mol. The van der Waals surface area contributed by atoms with Gasteiger partial charge in [-0.2, -0.15) is 4.99 Å². The number of aryl methyl sites for hydroxylation is 2. The SMILES string of the molecule is CCCn1c(=NC(=O)CCS(=O)(=O)c2ccc(F)cc2)sc2cc(C)ccc21. The molecular weight excluding hydrogens is 399 g/mol. The van der Waals surface area contributed by atoms with Crippen LogP contribution in [0.4, 0.5) is 4.39 Å². The van der Waals surface area contributed by atoms with Gasteiger partial charge in [-0.05, 0) is 55.3 Å². The van der Waals surface area contributed by atoms with Crippen LogP contribution in [-0.4, -0.2) is 24.6 Å². The number of carbonyl (C=O) groups is 1. The van der Waals surface area contributed by atoms with Gasteiger partial charge < -0.3 is 4.57 Å². The zero-order valence-corrected chi connectivity index (χ0v) is 17.3. The normalized spacial score (nSPS) is 12.6. The second-order valence-corrected chi connectivity index (χ2v) is 9.65. The van der Waals surface area contributed by atoms with E-state index in [4.69, 9.17) is 0 Å². The van der Waals surface area contributed by atoms with Crippen molar-refractivity contribution in [2.75, 3.05) is 5.75 Å². The minimum absolute atomic E-state index is 0.0000781. The van der Waals surface area contributed by atoms with Gasteiger partial charge in [0.1, 0.15) is 5.82 Å². The summed E-state index contributed by atoms with van der Waals surface area (Å²) in [5.74, 6) is -1.36. The lowest BCUT2D eigenvalue weighted by Gasteiger charge is -2.04. The molecule has 1 amide bonds. The molecule has 148 valence electrons. The molecule has 0 unspecified atom stereocenters. The van der Waals surface area contributed by atoms with Gasteiger partial charge in [0.2, 0.25) is 5.91 Å². The summed E-state index contributed by atoms with van der Waals surface area (Å²) in [4.78, 5) is 17.1. The monoisotopic (exact) mass is 420 g/mol. The fourth-order valence-corrected chi connectivity index (χ4v) is 5.25. The third-order valence-corrected chi connectivity index (χ3v) is 7.04. The second kappa shape index (κ2) is 8.36. The summed E-state index contributed by atoms with van der Waals surface area (Å²) in [5, 5.41) is 0. The molecule has 2 aromatic carbocycles.